The summed E-state index contributed by atoms with van der Waals surface area (Å²) in [5.74, 6) is -0.888. The SMILES string of the molecule is CCC(C)N(C(=O)C(CO)NC(=O)OC(C)(C)C)C(C(=O)NC(C)(C)C)c1cc(C)ccc1C. The number of nitrogens with zero attached hydrogens (tertiary/aromatic N) is 1. The first-order valence-corrected chi connectivity index (χ1v) is 11.8. The fourth-order valence-corrected chi connectivity index (χ4v) is 3.52. The predicted octanol–water partition coefficient (Wildman–Crippen LogP) is 3.77. The molecule has 8 nitrogen and oxygen atoms in total. The van der Waals surface area contributed by atoms with Gasteiger partial charge in [0.15, 0.2) is 0 Å². The van der Waals surface area contributed by atoms with Gasteiger partial charge in [0.05, 0.1) is 6.61 Å². The zero-order valence-electron chi connectivity index (χ0n) is 22.4. The van der Waals surface area contributed by atoms with E-state index in [9.17, 15) is 19.5 Å². The van der Waals surface area contributed by atoms with E-state index in [4.69, 9.17) is 4.74 Å². The third-order valence-electron chi connectivity index (χ3n) is 5.25. The summed E-state index contributed by atoms with van der Waals surface area (Å²) in [4.78, 5) is 41.2. The third kappa shape index (κ3) is 8.63. The van der Waals surface area contributed by atoms with Gasteiger partial charge in [-0.15, -0.1) is 0 Å². The summed E-state index contributed by atoms with van der Waals surface area (Å²) >= 11 is 0. The van der Waals surface area contributed by atoms with Crippen LogP contribution >= 0.6 is 0 Å². The zero-order chi connectivity index (χ0) is 26.4. The average molecular weight is 478 g/mol. The minimum atomic E-state index is -1.26. The molecule has 1 aromatic rings. The van der Waals surface area contributed by atoms with Gasteiger partial charge in [0.2, 0.25) is 11.8 Å². The van der Waals surface area contributed by atoms with Crippen LogP contribution in [0.4, 0.5) is 4.79 Å². The Hall–Kier alpha value is -2.61. The van der Waals surface area contributed by atoms with E-state index >= 15 is 0 Å². The smallest absolute Gasteiger partial charge is 0.408 e. The van der Waals surface area contributed by atoms with Crippen molar-refractivity contribution in [1.29, 1.82) is 0 Å². The molecular weight excluding hydrogens is 434 g/mol. The summed E-state index contributed by atoms with van der Waals surface area (Å²) in [6.07, 6.45) is -0.244. The van der Waals surface area contributed by atoms with Gasteiger partial charge in [-0.2, -0.15) is 0 Å². The van der Waals surface area contributed by atoms with Crippen LogP contribution in [-0.4, -0.2) is 57.7 Å². The van der Waals surface area contributed by atoms with E-state index in [0.717, 1.165) is 11.1 Å². The monoisotopic (exact) mass is 477 g/mol. The molecule has 192 valence electrons. The van der Waals surface area contributed by atoms with Crippen molar-refractivity contribution in [2.75, 3.05) is 6.61 Å². The first-order chi connectivity index (χ1) is 15.5. The van der Waals surface area contributed by atoms with Gasteiger partial charge in [-0.05, 0) is 79.9 Å². The van der Waals surface area contributed by atoms with Gasteiger partial charge in [-0.1, -0.05) is 30.7 Å². The van der Waals surface area contributed by atoms with Gasteiger partial charge >= 0.3 is 6.09 Å². The molecule has 0 bridgehead atoms. The second kappa shape index (κ2) is 11.7. The number of nitrogens with one attached hydrogen (secondary N) is 2. The van der Waals surface area contributed by atoms with Crippen molar-refractivity contribution in [2.45, 2.75) is 105 Å². The molecule has 0 fully saturated rings. The average Bonchev–Trinajstić information content (AvgIpc) is 2.68. The Morgan fingerprint density at radius 2 is 1.68 bits per heavy atom. The van der Waals surface area contributed by atoms with E-state index in [-0.39, 0.29) is 11.9 Å². The fraction of sp³-hybridized carbons (Fsp3) is 0.654. The van der Waals surface area contributed by atoms with Gasteiger partial charge < -0.3 is 25.4 Å². The van der Waals surface area contributed by atoms with Crippen LogP contribution in [0.3, 0.4) is 0 Å². The van der Waals surface area contributed by atoms with E-state index in [1.807, 2.05) is 66.7 Å². The standard InChI is InChI=1S/C26H43N3O5/c1-11-18(4)29(23(32)20(15-30)27-24(33)34-26(8,9)10)21(22(31)28-25(5,6)7)19-14-16(2)12-13-17(19)3/h12-14,18,20-21,30H,11,15H2,1-10H3,(H,27,33)(H,28,31). The second-order valence-electron chi connectivity index (χ2n) is 10.9. The van der Waals surface area contributed by atoms with E-state index in [1.54, 1.807) is 20.8 Å². The molecule has 0 saturated carbocycles. The molecule has 0 radical (unpaired) electrons. The maximum Gasteiger partial charge on any atom is 0.408 e. The van der Waals surface area contributed by atoms with Crippen LogP contribution in [0, 0.1) is 13.8 Å². The number of carbonyl (C=O) groups is 3. The van der Waals surface area contributed by atoms with Gasteiger partial charge in [0.25, 0.3) is 0 Å². The van der Waals surface area contributed by atoms with Gasteiger partial charge in [0.1, 0.15) is 17.7 Å². The minimum absolute atomic E-state index is 0.330. The molecule has 34 heavy (non-hydrogen) atoms. The molecule has 0 spiro atoms. The summed E-state index contributed by atoms with van der Waals surface area (Å²) in [5, 5.41) is 15.5. The highest BCUT2D eigenvalue weighted by molar-refractivity contribution is 5.93. The van der Waals surface area contributed by atoms with Crippen LogP contribution in [0.1, 0.15) is 84.5 Å². The van der Waals surface area contributed by atoms with Crippen molar-refractivity contribution < 1.29 is 24.2 Å². The Kier molecular flexibility index (Phi) is 10.1. The van der Waals surface area contributed by atoms with Crippen molar-refractivity contribution in [3.8, 4) is 0 Å². The molecule has 0 aromatic heterocycles. The summed E-state index contributed by atoms with van der Waals surface area (Å²) in [6, 6.07) is 3.21. The van der Waals surface area contributed by atoms with E-state index in [2.05, 4.69) is 10.6 Å². The summed E-state index contributed by atoms with van der Waals surface area (Å²) in [6.45, 7) is 17.7. The number of carbonyl (C=O) groups excluding carboxylic acids is 3. The highest BCUT2D eigenvalue weighted by Crippen LogP contribution is 2.30. The third-order valence-corrected chi connectivity index (χ3v) is 5.25. The minimum Gasteiger partial charge on any atom is -0.444 e. The number of amides is 3. The Morgan fingerprint density at radius 3 is 2.15 bits per heavy atom. The van der Waals surface area contributed by atoms with E-state index in [1.165, 1.54) is 4.90 Å². The number of hydrogen-bond donors (Lipinski definition) is 3. The topological polar surface area (TPSA) is 108 Å². The van der Waals surface area contributed by atoms with Crippen LogP contribution in [0.25, 0.3) is 0 Å². The highest BCUT2D eigenvalue weighted by atomic mass is 16.6. The Bertz CT molecular complexity index is 870. The fourth-order valence-electron chi connectivity index (χ4n) is 3.52. The second-order valence-corrected chi connectivity index (χ2v) is 10.9. The van der Waals surface area contributed by atoms with Gasteiger partial charge in [0, 0.05) is 11.6 Å². The lowest BCUT2D eigenvalue weighted by molar-refractivity contribution is -0.146. The van der Waals surface area contributed by atoms with Crippen LogP contribution < -0.4 is 10.6 Å². The van der Waals surface area contributed by atoms with Crippen LogP contribution in [0.15, 0.2) is 18.2 Å². The molecular formula is C26H43N3O5. The number of aryl methyl sites for hydroxylation is 2. The molecule has 3 N–H and O–H groups in total. The lowest BCUT2D eigenvalue weighted by Crippen LogP contribution is -2.57. The molecule has 0 heterocycles. The van der Waals surface area contributed by atoms with Crippen molar-refractivity contribution >= 4 is 17.9 Å². The molecule has 0 saturated heterocycles. The maximum absolute atomic E-state index is 13.8. The van der Waals surface area contributed by atoms with Gasteiger partial charge in [-0.3, -0.25) is 9.59 Å². The largest absolute Gasteiger partial charge is 0.444 e. The Morgan fingerprint density at radius 1 is 1.09 bits per heavy atom. The molecule has 1 aromatic carbocycles. The number of alkyl carbamates (subject to hydrolysis) is 1. The normalized spacial score (nSPS) is 14.6. The number of aliphatic hydroxyl groups is 1. The molecule has 3 amide bonds. The summed E-state index contributed by atoms with van der Waals surface area (Å²) in [7, 11) is 0. The number of rotatable bonds is 8. The van der Waals surface area contributed by atoms with E-state index < -0.39 is 41.8 Å². The van der Waals surface area contributed by atoms with Crippen LogP contribution in [0.5, 0.6) is 0 Å². The van der Waals surface area contributed by atoms with Gasteiger partial charge in [-0.25, -0.2) is 4.79 Å². The number of hydrogen-bond acceptors (Lipinski definition) is 5. The van der Waals surface area contributed by atoms with Crippen molar-refractivity contribution in [2.24, 2.45) is 0 Å². The Labute approximate surface area is 204 Å². The highest BCUT2D eigenvalue weighted by Gasteiger charge is 2.39. The lowest BCUT2D eigenvalue weighted by atomic mass is 9.94. The molecule has 0 aliphatic rings. The number of aliphatic hydroxyl groups excluding tert-OH is 1. The number of benzene rings is 1. The quantitative estimate of drug-likeness (QED) is 0.528. The summed E-state index contributed by atoms with van der Waals surface area (Å²) in [5.41, 5.74) is 1.22. The first kappa shape index (κ1) is 29.4. The van der Waals surface area contributed by atoms with Crippen LogP contribution in [0.2, 0.25) is 0 Å². The maximum atomic E-state index is 13.8. The van der Waals surface area contributed by atoms with Crippen molar-refractivity contribution in [3.05, 3.63) is 34.9 Å². The first-order valence-electron chi connectivity index (χ1n) is 11.8. The molecule has 1 rings (SSSR count). The molecule has 0 aliphatic heterocycles. The lowest BCUT2D eigenvalue weighted by Gasteiger charge is -2.39. The molecule has 0 aliphatic carbocycles. The van der Waals surface area contributed by atoms with Crippen LogP contribution in [-0.2, 0) is 14.3 Å². The summed E-state index contributed by atoms with van der Waals surface area (Å²) < 4.78 is 5.27. The van der Waals surface area contributed by atoms with Crippen molar-refractivity contribution in [1.82, 2.24) is 15.5 Å². The Balaban J connectivity index is 3.56. The van der Waals surface area contributed by atoms with Crippen molar-refractivity contribution in [3.63, 3.8) is 0 Å². The van der Waals surface area contributed by atoms with E-state index in [0.29, 0.717) is 12.0 Å². The molecule has 8 heteroatoms. The zero-order valence-corrected chi connectivity index (χ0v) is 22.4. The predicted molar refractivity (Wildman–Crippen MR) is 133 cm³/mol. The number of ether oxygens (including phenoxy) is 1. The molecule has 3 atom stereocenters. The molecule has 3 unspecified atom stereocenters.